The van der Waals surface area contributed by atoms with Gasteiger partial charge in [0.05, 0.1) is 6.61 Å². The second kappa shape index (κ2) is 8.30. The molecule has 1 aliphatic rings. The molecule has 1 aliphatic carbocycles. The van der Waals surface area contributed by atoms with Gasteiger partial charge in [-0.3, -0.25) is 0 Å². The van der Waals surface area contributed by atoms with Gasteiger partial charge >= 0.3 is 0 Å². The van der Waals surface area contributed by atoms with Crippen LogP contribution in [0, 0.1) is 5.92 Å². The zero-order valence-corrected chi connectivity index (χ0v) is 13.0. The molecule has 0 spiro atoms. The number of nitrogens with one attached hydrogen (secondary N) is 1. The first-order valence-electron chi connectivity index (χ1n) is 8.12. The van der Waals surface area contributed by atoms with E-state index < -0.39 is 0 Å². The Morgan fingerprint density at radius 1 is 1.30 bits per heavy atom. The van der Waals surface area contributed by atoms with E-state index in [2.05, 4.69) is 34.9 Å². The van der Waals surface area contributed by atoms with Crippen LogP contribution in [-0.2, 0) is 4.74 Å². The van der Waals surface area contributed by atoms with Gasteiger partial charge in [-0.2, -0.15) is 0 Å². The number of ether oxygens (including phenoxy) is 1. The van der Waals surface area contributed by atoms with Crippen LogP contribution in [0.3, 0.4) is 0 Å². The maximum absolute atomic E-state index is 5.63. The molecule has 4 nitrogen and oxygen atoms in total. The van der Waals surface area contributed by atoms with Crippen LogP contribution >= 0.6 is 0 Å². The van der Waals surface area contributed by atoms with Crippen LogP contribution in [0.5, 0.6) is 0 Å². The maximum atomic E-state index is 5.63. The molecule has 4 heteroatoms. The van der Waals surface area contributed by atoms with Gasteiger partial charge < -0.3 is 14.6 Å². The summed E-state index contributed by atoms with van der Waals surface area (Å²) < 4.78 is 7.94. The third-order valence-electron chi connectivity index (χ3n) is 4.01. The summed E-state index contributed by atoms with van der Waals surface area (Å²) in [6.45, 7) is 6.90. The summed E-state index contributed by atoms with van der Waals surface area (Å²) in [4.78, 5) is 4.43. The fourth-order valence-corrected chi connectivity index (χ4v) is 2.76. The van der Waals surface area contributed by atoms with Crippen LogP contribution in [0.4, 0.5) is 5.95 Å². The van der Waals surface area contributed by atoms with Crippen molar-refractivity contribution in [1.29, 1.82) is 0 Å². The smallest absolute Gasteiger partial charge is 0.203 e. The molecule has 0 aromatic carbocycles. The van der Waals surface area contributed by atoms with E-state index in [-0.39, 0.29) is 0 Å². The number of imidazole rings is 1. The van der Waals surface area contributed by atoms with Crippen LogP contribution < -0.4 is 5.32 Å². The summed E-state index contributed by atoms with van der Waals surface area (Å²) in [6.07, 6.45) is 11.8. The maximum Gasteiger partial charge on any atom is 0.203 e. The summed E-state index contributed by atoms with van der Waals surface area (Å²) in [5, 5.41) is 3.41. The predicted octanol–water partition coefficient (Wildman–Crippen LogP) is 3.86. The minimum Gasteiger partial charge on any atom is -0.380 e. The number of anilines is 1. The highest BCUT2D eigenvalue weighted by Gasteiger charge is 2.17. The van der Waals surface area contributed by atoms with E-state index in [1.165, 1.54) is 32.1 Å². The normalized spacial score (nSPS) is 16.8. The van der Waals surface area contributed by atoms with E-state index in [1.54, 1.807) is 0 Å². The first kappa shape index (κ1) is 15.4. The van der Waals surface area contributed by atoms with Crippen molar-refractivity contribution in [3.63, 3.8) is 0 Å². The molecule has 20 heavy (non-hydrogen) atoms. The lowest BCUT2D eigenvalue weighted by Crippen LogP contribution is -2.18. The van der Waals surface area contributed by atoms with E-state index in [9.17, 15) is 0 Å². The molecule has 0 aliphatic heterocycles. The average Bonchev–Trinajstić information content (AvgIpc) is 2.92. The van der Waals surface area contributed by atoms with Crippen molar-refractivity contribution < 1.29 is 4.74 Å². The molecule has 1 heterocycles. The van der Waals surface area contributed by atoms with Gasteiger partial charge in [0.15, 0.2) is 0 Å². The average molecular weight is 279 g/mol. The summed E-state index contributed by atoms with van der Waals surface area (Å²) in [5.74, 6) is 1.72. The van der Waals surface area contributed by atoms with Gasteiger partial charge in [-0.15, -0.1) is 0 Å². The standard InChI is InChI=1S/C16H29N3O/c1-14(2)8-12-20-13-10-18-16-17-9-11-19(16)15-6-4-3-5-7-15/h9,11,14-15H,3-8,10,12-13H2,1-2H3,(H,17,18). The van der Waals surface area contributed by atoms with Gasteiger partial charge in [0.2, 0.25) is 5.95 Å². The van der Waals surface area contributed by atoms with Crippen LogP contribution in [-0.4, -0.2) is 29.3 Å². The Labute approximate surface area is 122 Å². The zero-order chi connectivity index (χ0) is 14.2. The van der Waals surface area contributed by atoms with E-state index in [0.717, 1.165) is 32.1 Å². The summed E-state index contributed by atoms with van der Waals surface area (Å²) >= 11 is 0. The fraction of sp³-hybridized carbons (Fsp3) is 0.812. The van der Waals surface area contributed by atoms with Crippen molar-refractivity contribution >= 4 is 5.95 Å². The molecule has 0 amide bonds. The fourth-order valence-electron chi connectivity index (χ4n) is 2.76. The monoisotopic (exact) mass is 279 g/mol. The van der Waals surface area contributed by atoms with Crippen LogP contribution in [0.2, 0.25) is 0 Å². The van der Waals surface area contributed by atoms with Crippen molar-refractivity contribution in [1.82, 2.24) is 9.55 Å². The second-order valence-electron chi connectivity index (χ2n) is 6.17. The van der Waals surface area contributed by atoms with Gasteiger partial charge in [0, 0.05) is 31.6 Å². The number of nitrogens with zero attached hydrogens (tertiary/aromatic N) is 2. The van der Waals surface area contributed by atoms with Gasteiger partial charge in [0.25, 0.3) is 0 Å². The third kappa shape index (κ3) is 4.82. The van der Waals surface area contributed by atoms with Crippen LogP contribution in [0.1, 0.15) is 58.4 Å². The quantitative estimate of drug-likeness (QED) is 0.734. The summed E-state index contributed by atoms with van der Waals surface area (Å²) in [5.41, 5.74) is 0. The Kier molecular flexibility index (Phi) is 6.37. The Bertz CT molecular complexity index is 370. The van der Waals surface area contributed by atoms with Crippen molar-refractivity contribution in [3.8, 4) is 0 Å². The molecule has 0 unspecified atom stereocenters. The predicted molar refractivity (Wildman–Crippen MR) is 83.1 cm³/mol. The molecule has 1 aromatic rings. The minimum absolute atomic E-state index is 0.635. The number of hydrogen-bond donors (Lipinski definition) is 1. The second-order valence-corrected chi connectivity index (χ2v) is 6.17. The summed E-state index contributed by atoms with van der Waals surface area (Å²) in [6, 6.07) is 0.635. The molecule has 114 valence electrons. The molecule has 2 rings (SSSR count). The number of hydrogen-bond acceptors (Lipinski definition) is 3. The minimum atomic E-state index is 0.635. The van der Waals surface area contributed by atoms with Crippen molar-refractivity contribution in [3.05, 3.63) is 12.4 Å². The highest BCUT2D eigenvalue weighted by atomic mass is 16.5. The molecule has 0 atom stereocenters. The molecular weight excluding hydrogens is 250 g/mol. The van der Waals surface area contributed by atoms with E-state index in [4.69, 9.17) is 4.74 Å². The number of rotatable bonds is 8. The van der Waals surface area contributed by atoms with Crippen molar-refractivity contribution in [2.45, 2.75) is 58.4 Å². The van der Waals surface area contributed by atoms with Gasteiger partial charge in [-0.1, -0.05) is 33.1 Å². The van der Waals surface area contributed by atoms with E-state index in [1.807, 2.05) is 6.20 Å². The lowest BCUT2D eigenvalue weighted by atomic mass is 9.95. The molecule has 0 saturated heterocycles. The van der Waals surface area contributed by atoms with Crippen LogP contribution in [0.15, 0.2) is 12.4 Å². The topological polar surface area (TPSA) is 39.1 Å². The Balaban J connectivity index is 1.69. The zero-order valence-electron chi connectivity index (χ0n) is 13.0. The van der Waals surface area contributed by atoms with Gasteiger partial charge in [0.1, 0.15) is 0 Å². The molecular formula is C16H29N3O. The lowest BCUT2D eigenvalue weighted by molar-refractivity contribution is 0.132. The molecule has 1 saturated carbocycles. The Morgan fingerprint density at radius 2 is 2.10 bits per heavy atom. The highest BCUT2D eigenvalue weighted by molar-refractivity contribution is 5.26. The summed E-state index contributed by atoms with van der Waals surface area (Å²) in [7, 11) is 0. The largest absolute Gasteiger partial charge is 0.380 e. The van der Waals surface area contributed by atoms with Crippen molar-refractivity contribution in [2.24, 2.45) is 5.92 Å². The van der Waals surface area contributed by atoms with E-state index in [0.29, 0.717) is 12.0 Å². The van der Waals surface area contributed by atoms with E-state index >= 15 is 0 Å². The molecule has 1 N–H and O–H groups in total. The van der Waals surface area contributed by atoms with Crippen LogP contribution in [0.25, 0.3) is 0 Å². The number of aromatic nitrogens is 2. The first-order valence-corrected chi connectivity index (χ1v) is 8.12. The SMILES string of the molecule is CC(C)CCOCCNc1nccn1C1CCCCC1. The van der Waals surface area contributed by atoms with Gasteiger partial charge in [-0.25, -0.2) is 4.98 Å². The molecule has 0 bridgehead atoms. The van der Waals surface area contributed by atoms with Crippen molar-refractivity contribution in [2.75, 3.05) is 25.1 Å². The highest BCUT2D eigenvalue weighted by Crippen LogP contribution is 2.29. The molecule has 1 fully saturated rings. The molecule has 1 aromatic heterocycles. The Hall–Kier alpha value is -1.03. The van der Waals surface area contributed by atoms with Gasteiger partial charge in [-0.05, 0) is 25.2 Å². The lowest BCUT2D eigenvalue weighted by Gasteiger charge is -2.24. The third-order valence-corrected chi connectivity index (χ3v) is 4.01. The first-order chi connectivity index (χ1) is 9.77. The molecule has 0 radical (unpaired) electrons. The Morgan fingerprint density at radius 3 is 2.85 bits per heavy atom.